The van der Waals surface area contributed by atoms with Crippen LogP contribution in [0.5, 0.6) is 0 Å². The fraction of sp³-hybridized carbons (Fsp3) is 0.440. The average Bonchev–Trinajstić information content (AvgIpc) is 3.05. The molecule has 0 unspecified atom stereocenters. The molecule has 10 heteroatoms. The number of benzene rings is 1. The van der Waals surface area contributed by atoms with E-state index in [4.69, 9.17) is 5.73 Å². The Morgan fingerprint density at radius 1 is 1.11 bits per heavy atom. The van der Waals surface area contributed by atoms with Crippen LogP contribution in [-0.2, 0) is 22.6 Å². The van der Waals surface area contributed by atoms with Crippen molar-refractivity contribution in [3.63, 3.8) is 0 Å². The molecule has 0 bridgehead atoms. The van der Waals surface area contributed by atoms with Crippen molar-refractivity contribution in [1.82, 2.24) is 9.88 Å². The lowest BCUT2D eigenvalue weighted by Gasteiger charge is -2.47. The number of hydrogen-bond donors (Lipinski definition) is 3. The number of primary amides is 1. The second-order valence-corrected chi connectivity index (χ2v) is 9.82. The highest BCUT2D eigenvalue weighted by molar-refractivity contribution is 6.43. The minimum Gasteiger partial charge on any atom is -0.368 e. The molecular weight excluding hydrogens is 458 g/mol. The van der Waals surface area contributed by atoms with Crippen molar-refractivity contribution in [3.05, 3.63) is 52.1 Å². The Morgan fingerprint density at radius 3 is 2.40 bits per heavy atom. The standard InChI is InChI=1S/C25H28F2N4O4/c1-13-10-15(7-8-16(13)26)29-21(33)18-14(2)19(31-9-5-4-6-17(18)31)20(32)22(34)30-25(23(28)35)11-24(3,27)12-25/h7-8,10H,4-6,9,11-12H2,1-3H3,(H2,28,35)(H,29,33)(H,30,34). The Hall–Kier alpha value is -3.56. The Kier molecular flexibility index (Phi) is 6.02. The zero-order valence-electron chi connectivity index (χ0n) is 19.9. The van der Waals surface area contributed by atoms with Crippen molar-refractivity contribution in [2.45, 2.75) is 70.6 Å². The van der Waals surface area contributed by atoms with E-state index in [2.05, 4.69) is 10.6 Å². The van der Waals surface area contributed by atoms with Gasteiger partial charge in [0.1, 0.15) is 17.0 Å². The molecule has 1 fully saturated rings. The Balaban J connectivity index is 1.65. The normalized spacial score (nSPS) is 23.1. The summed E-state index contributed by atoms with van der Waals surface area (Å²) in [5.74, 6) is -3.77. The number of nitrogens with two attached hydrogens (primary N) is 1. The van der Waals surface area contributed by atoms with E-state index >= 15 is 0 Å². The Labute approximate surface area is 201 Å². The maximum atomic E-state index is 14.1. The molecule has 4 rings (SSSR count). The van der Waals surface area contributed by atoms with Crippen LogP contribution < -0.4 is 16.4 Å². The first-order chi connectivity index (χ1) is 16.3. The number of aryl methyl sites for hydroxylation is 1. The van der Waals surface area contributed by atoms with E-state index in [1.165, 1.54) is 25.1 Å². The first-order valence-electron chi connectivity index (χ1n) is 11.5. The molecule has 1 aliphatic heterocycles. The predicted molar refractivity (Wildman–Crippen MR) is 124 cm³/mol. The number of alkyl halides is 1. The van der Waals surface area contributed by atoms with E-state index < -0.39 is 40.5 Å². The third kappa shape index (κ3) is 4.33. The van der Waals surface area contributed by atoms with Gasteiger partial charge in [-0.15, -0.1) is 0 Å². The molecular formula is C25H28F2N4O4. The first kappa shape index (κ1) is 24.6. The number of halogens is 2. The van der Waals surface area contributed by atoms with Gasteiger partial charge in [0.25, 0.3) is 17.6 Å². The SMILES string of the molecule is Cc1cc(NC(=O)c2c(C)c(C(=O)C(=O)NC3(C(N)=O)CC(C)(F)C3)n3c2CCCC3)ccc1F. The highest BCUT2D eigenvalue weighted by atomic mass is 19.1. The van der Waals surface area contributed by atoms with Crippen LogP contribution in [-0.4, -0.2) is 39.3 Å². The van der Waals surface area contributed by atoms with Crippen LogP contribution in [0.2, 0.25) is 0 Å². The van der Waals surface area contributed by atoms with Gasteiger partial charge < -0.3 is 20.9 Å². The third-order valence-electron chi connectivity index (χ3n) is 6.89. The summed E-state index contributed by atoms with van der Waals surface area (Å²) >= 11 is 0. The highest BCUT2D eigenvalue weighted by Crippen LogP contribution is 2.44. The summed E-state index contributed by atoms with van der Waals surface area (Å²) in [6.45, 7) is 4.90. The summed E-state index contributed by atoms with van der Waals surface area (Å²) in [6.07, 6.45) is 1.47. The predicted octanol–water partition coefficient (Wildman–Crippen LogP) is 2.88. The maximum absolute atomic E-state index is 14.1. The Morgan fingerprint density at radius 2 is 1.80 bits per heavy atom. The summed E-state index contributed by atoms with van der Waals surface area (Å²) < 4.78 is 29.4. The molecule has 0 radical (unpaired) electrons. The van der Waals surface area contributed by atoms with Gasteiger partial charge in [0.15, 0.2) is 0 Å². The van der Waals surface area contributed by atoms with Crippen molar-refractivity contribution in [3.8, 4) is 0 Å². The molecule has 0 spiro atoms. The molecule has 1 aliphatic carbocycles. The van der Waals surface area contributed by atoms with Crippen molar-refractivity contribution in [1.29, 1.82) is 0 Å². The largest absolute Gasteiger partial charge is 0.368 e. The van der Waals surface area contributed by atoms with Crippen molar-refractivity contribution in [2.24, 2.45) is 5.73 Å². The van der Waals surface area contributed by atoms with Gasteiger partial charge in [-0.2, -0.15) is 0 Å². The van der Waals surface area contributed by atoms with E-state index in [1.807, 2.05) is 0 Å². The van der Waals surface area contributed by atoms with Crippen LogP contribution in [0.1, 0.15) is 70.3 Å². The Bertz CT molecular complexity index is 1260. The van der Waals surface area contributed by atoms with E-state index in [0.29, 0.717) is 35.5 Å². The molecule has 35 heavy (non-hydrogen) atoms. The van der Waals surface area contributed by atoms with Gasteiger partial charge in [-0.25, -0.2) is 8.78 Å². The maximum Gasteiger partial charge on any atom is 0.294 e. The third-order valence-corrected chi connectivity index (χ3v) is 6.89. The molecule has 1 aromatic carbocycles. The topological polar surface area (TPSA) is 123 Å². The number of nitrogens with zero attached hydrogens (tertiary/aromatic N) is 1. The number of aromatic nitrogens is 1. The molecule has 3 amide bonds. The fourth-order valence-electron chi connectivity index (χ4n) is 5.30. The number of fused-ring (bicyclic) bond motifs is 1. The van der Waals surface area contributed by atoms with Gasteiger partial charge in [0, 0.05) is 30.8 Å². The second-order valence-electron chi connectivity index (χ2n) is 9.82. The zero-order chi connectivity index (χ0) is 25.7. The first-order valence-corrected chi connectivity index (χ1v) is 11.5. The number of amides is 3. The summed E-state index contributed by atoms with van der Waals surface area (Å²) in [7, 11) is 0. The van der Waals surface area contributed by atoms with Gasteiger partial charge in [0.2, 0.25) is 5.91 Å². The minimum atomic E-state index is -1.67. The summed E-state index contributed by atoms with van der Waals surface area (Å²) in [5, 5.41) is 5.10. The molecule has 4 N–H and O–H groups in total. The summed E-state index contributed by atoms with van der Waals surface area (Å²) in [5.41, 5.74) is 4.19. The average molecular weight is 487 g/mol. The monoisotopic (exact) mass is 486 g/mol. The summed E-state index contributed by atoms with van der Waals surface area (Å²) in [4.78, 5) is 51.3. The summed E-state index contributed by atoms with van der Waals surface area (Å²) in [6, 6.07) is 4.20. The van der Waals surface area contributed by atoms with E-state index in [1.54, 1.807) is 18.4 Å². The fourth-order valence-corrected chi connectivity index (χ4v) is 5.30. The van der Waals surface area contributed by atoms with Gasteiger partial charge >= 0.3 is 0 Å². The number of carbonyl (C=O) groups is 4. The van der Waals surface area contributed by atoms with Gasteiger partial charge in [0.05, 0.1) is 11.3 Å². The van der Waals surface area contributed by atoms with E-state index in [9.17, 15) is 28.0 Å². The number of anilines is 1. The molecule has 2 aromatic rings. The molecule has 2 aliphatic rings. The van der Waals surface area contributed by atoms with Crippen molar-refractivity contribution in [2.75, 3.05) is 5.32 Å². The molecule has 186 valence electrons. The van der Waals surface area contributed by atoms with Crippen LogP contribution in [0, 0.1) is 19.7 Å². The molecule has 1 saturated carbocycles. The minimum absolute atomic E-state index is 0.0552. The number of ketones is 1. The number of hydrogen-bond acceptors (Lipinski definition) is 4. The van der Waals surface area contributed by atoms with Gasteiger partial charge in [-0.05, 0) is 69.4 Å². The number of nitrogens with one attached hydrogen (secondary N) is 2. The number of rotatable bonds is 6. The van der Waals surface area contributed by atoms with Crippen LogP contribution in [0.3, 0.4) is 0 Å². The molecule has 8 nitrogen and oxygen atoms in total. The van der Waals surface area contributed by atoms with Crippen LogP contribution in [0.15, 0.2) is 18.2 Å². The van der Waals surface area contributed by atoms with E-state index in [-0.39, 0.29) is 24.1 Å². The lowest BCUT2D eigenvalue weighted by molar-refractivity contribution is -0.141. The lowest BCUT2D eigenvalue weighted by Crippen LogP contribution is -2.69. The highest BCUT2D eigenvalue weighted by Gasteiger charge is 2.58. The zero-order valence-corrected chi connectivity index (χ0v) is 19.9. The molecule has 1 aromatic heterocycles. The van der Waals surface area contributed by atoms with Crippen molar-refractivity contribution >= 4 is 29.2 Å². The number of carbonyl (C=O) groups excluding carboxylic acids is 4. The molecule has 2 heterocycles. The molecule has 0 saturated heterocycles. The van der Waals surface area contributed by atoms with E-state index in [0.717, 1.165) is 12.8 Å². The number of Topliss-reactive ketones (excluding diaryl/α,β-unsaturated/α-hetero) is 1. The second kappa shape index (κ2) is 8.58. The smallest absolute Gasteiger partial charge is 0.294 e. The quantitative estimate of drug-likeness (QED) is 0.429. The van der Waals surface area contributed by atoms with Crippen LogP contribution >= 0.6 is 0 Å². The van der Waals surface area contributed by atoms with Crippen LogP contribution in [0.4, 0.5) is 14.5 Å². The van der Waals surface area contributed by atoms with Crippen LogP contribution in [0.25, 0.3) is 0 Å². The van der Waals surface area contributed by atoms with Gasteiger partial charge in [-0.1, -0.05) is 0 Å². The van der Waals surface area contributed by atoms with Crippen molar-refractivity contribution < 1.29 is 28.0 Å². The lowest BCUT2D eigenvalue weighted by atomic mass is 9.66. The molecule has 0 atom stereocenters. The van der Waals surface area contributed by atoms with Gasteiger partial charge in [-0.3, -0.25) is 19.2 Å².